The topological polar surface area (TPSA) is 21.3 Å². The van der Waals surface area contributed by atoms with Gasteiger partial charge in [-0.15, -0.1) is 0 Å². The quantitative estimate of drug-likeness (QED) is 0.613. The molecule has 78 valence electrons. The predicted molar refractivity (Wildman–Crippen MR) is 55.9 cm³/mol. The van der Waals surface area contributed by atoms with E-state index < -0.39 is 0 Å². The summed E-state index contributed by atoms with van der Waals surface area (Å²) >= 11 is 0. The summed E-state index contributed by atoms with van der Waals surface area (Å²) in [5.74, 6) is 0.654. The van der Waals surface area contributed by atoms with Crippen molar-refractivity contribution in [2.75, 3.05) is 26.3 Å². The Kier molecular flexibility index (Phi) is 4.20. The number of rotatable bonds is 7. The fraction of sp³-hybridized carbons (Fsp3) is 1.00. The van der Waals surface area contributed by atoms with Crippen molar-refractivity contribution in [1.29, 1.82) is 0 Å². The van der Waals surface area contributed by atoms with E-state index in [1.54, 1.807) is 0 Å². The highest BCUT2D eigenvalue weighted by Gasteiger charge is 2.36. The van der Waals surface area contributed by atoms with Crippen molar-refractivity contribution in [3.05, 3.63) is 0 Å². The zero-order chi connectivity index (χ0) is 9.73. The van der Waals surface area contributed by atoms with Crippen LogP contribution in [0.15, 0.2) is 0 Å². The SMILES string of the molecule is CC(C)COCCNCC1(C)CC1. The second-order valence-corrected chi connectivity index (χ2v) is 4.96. The van der Waals surface area contributed by atoms with Crippen molar-refractivity contribution in [3.63, 3.8) is 0 Å². The molecular formula is C11H23NO. The normalized spacial score (nSPS) is 19.4. The summed E-state index contributed by atoms with van der Waals surface area (Å²) in [6.07, 6.45) is 2.79. The molecule has 0 aliphatic heterocycles. The summed E-state index contributed by atoms with van der Waals surface area (Å²) in [5.41, 5.74) is 0.623. The van der Waals surface area contributed by atoms with Crippen LogP contribution in [0.2, 0.25) is 0 Å². The van der Waals surface area contributed by atoms with Gasteiger partial charge in [0.25, 0.3) is 0 Å². The molecule has 0 amide bonds. The van der Waals surface area contributed by atoms with E-state index in [0.29, 0.717) is 11.3 Å². The average molecular weight is 185 g/mol. The van der Waals surface area contributed by atoms with Gasteiger partial charge >= 0.3 is 0 Å². The van der Waals surface area contributed by atoms with E-state index in [1.165, 1.54) is 12.8 Å². The van der Waals surface area contributed by atoms with Gasteiger partial charge in [-0.2, -0.15) is 0 Å². The minimum absolute atomic E-state index is 0.623. The molecule has 0 aromatic rings. The van der Waals surface area contributed by atoms with Gasteiger partial charge in [0.1, 0.15) is 0 Å². The standard InChI is InChI=1S/C11H23NO/c1-10(2)8-13-7-6-12-9-11(3)4-5-11/h10,12H,4-9H2,1-3H3. The summed E-state index contributed by atoms with van der Waals surface area (Å²) < 4.78 is 5.47. The smallest absolute Gasteiger partial charge is 0.0591 e. The summed E-state index contributed by atoms with van der Waals surface area (Å²) in [6.45, 7) is 10.6. The Morgan fingerprint density at radius 1 is 1.38 bits per heavy atom. The molecule has 2 heteroatoms. The first-order valence-corrected chi connectivity index (χ1v) is 5.41. The maximum atomic E-state index is 5.47. The Morgan fingerprint density at radius 2 is 2.08 bits per heavy atom. The van der Waals surface area contributed by atoms with E-state index in [9.17, 15) is 0 Å². The minimum atomic E-state index is 0.623. The van der Waals surface area contributed by atoms with Crippen LogP contribution in [0.1, 0.15) is 33.6 Å². The molecule has 1 N–H and O–H groups in total. The predicted octanol–water partition coefficient (Wildman–Crippen LogP) is 2.05. The molecular weight excluding hydrogens is 162 g/mol. The van der Waals surface area contributed by atoms with Crippen molar-refractivity contribution in [2.45, 2.75) is 33.6 Å². The minimum Gasteiger partial charge on any atom is -0.380 e. The largest absolute Gasteiger partial charge is 0.380 e. The zero-order valence-corrected chi connectivity index (χ0v) is 9.23. The van der Waals surface area contributed by atoms with Crippen LogP contribution in [-0.2, 0) is 4.74 Å². The second-order valence-electron chi connectivity index (χ2n) is 4.96. The highest BCUT2D eigenvalue weighted by atomic mass is 16.5. The summed E-state index contributed by atoms with van der Waals surface area (Å²) in [4.78, 5) is 0. The van der Waals surface area contributed by atoms with Crippen LogP contribution in [-0.4, -0.2) is 26.3 Å². The van der Waals surface area contributed by atoms with Crippen molar-refractivity contribution < 1.29 is 4.74 Å². The van der Waals surface area contributed by atoms with Gasteiger partial charge in [-0.05, 0) is 24.2 Å². The third kappa shape index (κ3) is 5.27. The molecule has 0 bridgehead atoms. The first-order chi connectivity index (χ1) is 6.12. The lowest BCUT2D eigenvalue weighted by Crippen LogP contribution is -2.26. The van der Waals surface area contributed by atoms with E-state index >= 15 is 0 Å². The van der Waals surface area contributed by atoms with E-state index in [-0.39, 0.29) is 0 Å². The van der Waals surface area contributed by atoms with Crippen molar-refractivity contribution in [1.82, 2.24) is 5.32 Å². The van der Waals surface area contributed by atoms with Crippen LogP contribution in [0.4, 0.5) is 0 Å². The maximum Gasteiger partial charge on any atom is 0.0591 e. The van der Waals surface area contributed by atoms with Crippen molar-refractivity contribution in [3.8, 4) is 0 Å². The number of hydrogen-bond acceptors (Lipinski definition) is 2. The molecule has 1 rings (SSSR count). The number of hydrogen-bond donors (Lipinski definition) is 1. The van der Waals surface area contributed by atoms with Gasteiger partial charge in [0.2, 0.25) is 0 Å². The van der Waals surface area contributed by atoms with Crippen LogP contribution in [0.5, 0.6) is 0 Å². The average Bonchev–Trinajstić information content (AvgIpc) is 2.76. The van der Waals surface area contributed by atoms with Gasteiger partial charge in [-0.3, -0.25) is 0 Å². The first-order valence-electron chi connectivity index (χ1n) is 5.41. The highest BCUT2D eigenvalue weighted by molar-refractivity contribution is 4.90. The summed E-state index contributed by atoms with van der Waals surface area (Å²) in [5, 5.41) is 3.44. The molecule has 0 atom stereocenters. The molecule has 1 aliphatic carbocycles. The van der Waals surface area contributed by atoms with Crippen molar-refractivity contribution >= 4 is 0 Å². The zero-order valence-electron chi connectivity index (χ0n) is 9.23. The Labute approximate surface area is 82.0 Å². The number of nitrogens with one attached hydrogen (secondary N) is 1. The molecule has 1 saturated carbocycles. The lowest BCUT2D eigenvalue weighted by atomic mass is 10.1. The van der Waals surface area contributed by atoms with Crippen LogP contribution in [0.25, 0.3) is 0 Å². The molecule has 0 aromatic carbocycles. The molecule has 2 nitrogen and oxygen atoms in total. The second kappa shape index (κ2) is 4.97. The third-order valence-corrected chi connectivity index (χ3v) is 2.53. The lowest BCUT2D eigenvalue weighted by Gasteiger charge is -2.10. The lowest BCUT2D eigenvalue weighted by molar-refractivity contribution is 0.111. The van der Waals surface area contributed by atoms with E-state index in [1.807, 2.05) is 0 Å². The van der Waals surface area contributed by atoms with Gasteiger partial charge in [0.15, 0.2) is 0 Å². The molecule has 0 radical (unpaired) electrons. The summed E-state index contributed by atoms with van der Waals surface area (Å²) in [6, 6.07) is 0. The van der Waals surface area contributed by atoms with E-state index in [4.69, 9.17) is 4.74 Å². The van der Waals surface area contributed by atoms with Crippen LogP contribution >= 0.6 is 0 Å². The van der Waals surface area contributed by atoms with Gasteiger partial charge in [-0.1, -0.05) is 20.8 Å². The first kappa shape index (κ1) is 11.0. The molecule has 0 unspecified atom stereocenters. The molecule has 0 saturated heterocycles. The Bertz CT molecular complexity index is 141. The monoisotopic (exact) mass is 185 g/mol. The van der Waals surface area contributed by atoms with Crippen LogP contribution in [0, 0.1) is 11.3 Å². The number of ether oxygens (including phenoxy) is 1. The Morgan fingerprint density at radius 3 is 2.62 bits per heavy atom. The van der Waals surface area contributed by atoms with Crippen LogP contribution < -0.4 is 5.32 Å². The molecule has 0 heterocycles. The van der Waals surface area contributed by atoms with Gasteiger partial charge in [-0.25, -0.2) is 0 Å². The van der Waals surface area contributed by atoms with E-state index in [0.717, 1.165) is 26.3 Å². The molecule has 1 fully saturated rings. The van der Waals surface area contributed by atoms with E-state index in [2.05, 4.69) is 26.1 Å². The fourth-order valence-electron chi connectivity index (χ4n) is 1.24. The van der Waals surface area contributed by atoms with Gasteiger partial charge in [0.05, 0.1) is 6.61 Å². The molecule has 0 aromatic heterocycles. The van der Waals surface area contributed by atoms with Gasteiger partial charge in [0, 0.05) is 19.7 Å². The highest BCUT2D eigenvalue weighted by Crippen LogP contribution is 2.43. The van der Waals surface area contributed by atoms with Crippen molar-refractivity contribution in [2.24, 2.45) is 11.3 Å². The summed E-state index contributed by atoms with van der Waals surface area (Å²) in [7, 11) is 0. The molecule has 13 heavy (non-hydrogen) atoms. The van der Waals surface area contributed by atoms with Gasteiger partial charge < -0.3 is 10.1 Å². The maximum absolute atomic E-state index is 5.47. The Hall–Kier alpha value is -0.0800. The Balaban J connectivity index is 1.79. The molecule has 1 aliphatic rings. The van der Waals surface area contributed by atoms with Crippen LogP contribution in [0.3, 0.4) is 0 Å². The fourth-order valence-corrected chi connectivity index (χ4v) is 1.24. The third-order valence-electron chi connectivity index (χ3n) is 2.53. The molecule has 0 spiro atoms.